The molecule has 120 valence electrons. The zero-order chi connectivity index (χ0) is 16.1. The van der Waals surface area contributed by atoms with Gasteiger partial charge in [0, 0.05) is 24.2 Å². The van der Waals surface area contributed by atoms with Gasteiger partial charge in [0.25, 0.3) is 5.91 Å². The highest BCUT2D eigenvalue weighted by Gasteiger charge is 2.18. The highest BCUT2D eigenvalue weighted by molar-refractivity contribution is 6.05. The van der Waals surface area contributed by atoms with E-state index in [2.05, 4.69) is 10.3 Å². The summed E-state index contributed by atoms with van der Waals surface area (Å²) in [6, 6.07) is 10.5. The van der Waals surface area contributed by atoms with Crippen LogP contribution in [-0.4, -0.2) is 37.3 Å². The lowest BCUT2D eigenvalue weighted by Gasteiger charge is -2.12. The van der Waals surface area contributed by atoms with Gasteiger partial charge < -0.3 is 19.5 Å². The fourth-order valence-corrected chi connectivity index (χ4v) is 2.33. The molecule has 0 spiro atoms. The summed E-state index contributed by atoms with van der Waals surface area (Å²) in [6.45, 7) is 1.25. The first kappa shape index (κ1) is 15.3. The van der Waals surface area contributed by atoms with Crippen molar-refractivity contribution in [2.45, 2.75) is 12.5 Å². The van der Waals surface area contributed by atoms with Gasteiger partial charge in [-0.05, 0) is 18.2 Å². The lowest BCUT2D eigenvalue weighted by Crippen LogP contribution is -2.17. The summed E-state index contributed by atoms with van der Waals surface area (Å²) < 4.78 is 16.2. The molecule has 1 aliphatic rings. The van der Waals surface area contributed by atoms with Crippen LogP contribution in [0.4, 0.5) is 5.69 Å². The molecule has 0 radical (unpaired) electrons. The number of para-hydroxylation sites is 2. The molecule has 0 aliphatic carbocycles. The third kappa shape index (κ3) is 3.78. The molecule has 3 rings (SSSR count). The highest BCUT2D eigenvalue weighted by atomic mass is 16.5. The van der Waals surface area contributed by atoms with Crippen LogP contribution in [0, 0.1) is 0 Å². The highest BCUT2D eigenvalue weighted by Crippen LogP contribution is 2.24. The Hall–Kier alpha value is -2.60. The number of nitrogens with one attached hydrogen (secondary N) is 1. The largest absolute Gasteiger partial charge is 0.495 e. The molecule has 1 N–H and O–H groups in total. The number of ether oxygens (including phenoxy) is 3. The Labute approximate surface area is 134 Å². The normalized spacial score (nSPS) is 16.8. The van der Waals surface area contributed by atoms with Crippen molar-refractivity contribution in [3.05, 3.63) is 48.2 Å². The molecule has 1 aromatic heterocycles. The van der Waals surface area contributed by atoms with Crippen molar-refractivity contribution in [2.24, 2.45) is 0 Å². The third-order valence-corrected chi connectivity index (χ3v) is 3.53. The minimum Gasteiger partial charge on any atom is -0.495 e. The second-order valence-electron chi connectivity index (χ2n) is 5.14. The van der Waals surface area contributed by atoms with Gasteiger partial charge in [-0.3, -0.25) is 4.79 Å². The predicted octanol–water partition coefficient (Wildman–Crippen LogP) is 2.51. The number of benzene rings is 1. The lowest BCUT2D eigenvalue weighted by atomic mass is 10.2. The number of pyridine rings is 1. The van der Waals surface area contributed by atoms with Crippen LogP contribution in [0.15, 0.2) is 42.6 Å². The second-order valence-corrected chi connectivity index (χ2v) is 5.14. The number of carbonyl (C=O) groups is 1. The molecule has 1 fully saturated rings. The summed E-state index contributed by atoms with van der Waals surface area (Å²) in [5, 5.41) is 2.83. The number of nitrogens with zero attached hydrogens (tertiary/aromatic N) is 1. The van der Waals surface area contributed by atoms with Crippen LogP contribution in [0.1, 0.15) is 16.8 Å². The standard InChI is InChI=1S/C17H18N2O4/c1-21-15-5-3-2-4-14(15)19-17(20)12-6-8-18-16(10-12)23-13-7-9-22-11-13/h2-6,8,10,13H,7,9,11H2,1H3,(H,19,20). The van der Waals surface area contributed by atoms with Crippen LogP contribution in [0.25, 0.3) is 0 Å². The molecular formula is C17H18N2O4. The van der Waals surface area contributed by atoms with Crippen molar-refractivity contribution >= 4 is 11.6 Å². The Morgan fingerprint density at radius 2 is 2.22 bits per heavy atom. The molecule has 0 bridgehead atoms. The van der Waals surface area contributed by atoms with E-state index >= 15 is 0 Å². The number of hydrogen-bond acceptors (Lipinski definition) is 5. The van der Waals surface area contributed by atoms with Gasteiger partial charge in [-0.25, -0.2) is 4.98 Å². The van der Waals surface area contributed by atoms with E-state index in [0.29, 0.717) is 36.1 Å². The number of carbonyl (C=O) groups excluding carboxylic acids is 1. The Bertz CT molecular complexity index is 684. The molecule has 1 aliphatic heterocycles. The Morgan fingerprint density at radius 3 is 3.00 bits per heavy atom. The minimum atomic E-state index is -0.246. The maximum absolute atomic E-state index is 12.4. The van der Waals surface area contributed by atoms with Gasteiger partial charge in [0.2, 0.25) is 5.88 Å². The summed E-state index contributed by atoms with van der Waals surface area (Å²) in [4.78, 5) is 16.5. The van der Waals surface area contributed by atoms with Gasteiger partial charge in [0.1, 0.15) is 11.9 Å². The summed E-state index contributed by atoms with van der Waals surface area (Å²) in [5.41, 5.74) is 1.09. The van der Waals surface area contributed by atoms with Crippen LogP contribution < -0.4 is 14.8 Å². The van der Waals surface area contributed by atoms with Crippen LogP contribution >= 0.6 is 0 Å². The number of anilines is 1. The van der Waals surface area contributed by atoms with Crippen LogP contribution in [-0.2, 0) is 4.74 Å². The molecule has 0 saturated carbocycles. The number of aromatic nitrogens is 1. The first-order valence-electron chi connectivity index (χ1n) is 7.41. The second kappa shape index (κ2) is 7.11. The zero-order valence-electron chi connectivity index (χ0n) is 12.8. The molecule has 1 atom stereocenters. The smallest absolute Gasteiger partial charge is 0.256 e. The molecule has 6 nitrogen and oxygen atoms in total. The topological polar surface area (TPSA) is 69.7 Å². The van der Waals surface area contributed by atoms with E-state index < -0.39 is 0 Å². The molecule has 2 aromatic rings. The third-order valence-electron chi connectivity index (χ3n) is 3.53. The molecule has 23 heavy (non-hydrogen) atoms. The fourth-order valence-electron chi connectivity index (χ4n) is 2.33. The fraction of sp³-hybridized carbons (Fsp3) is 0.294. The van der Waals surface area contributed by atoms with Crippen LogP contribution in [0.3, 0.4) is 0 Å². The number of hydrogen-bond donors (Lipinski definition) is 1. The van der Waals surface area contributed by atoms with E-state index in [1.807, 2.05) is 12.1 Å². The number of methoxy groups -OCH3 is 1. The zero-order valence-corrected chi connectivity index (χ0v) is 12.8. The van der Waals surface area contributed by atoms with Crippen molar-refractivity contribution in [1.29, 1.82) is 0 Å². The van der Waals surface area contributed by atoms with Gasteiger partial charge in [-0.2, -0.15) is 0 Å². The lowest BCUT2D eigenvalue weighted by molar-refractivity contribution is 0.102. The van der Waals surface area contributed by atoms with Gasteiger partial charge in [-0.1, -0.05) is 12.1 Å². The summed E-state index contributed by atoms with van der Waals surface area (Å²) in [6.07, 6.45) is 2.39. The average Bonchev–Trinajstić information content (AvgIpc) is 3.08. The Kier molecular flexibility index (Phi) is 4.73. The summed E-state index contributed by atoms with van der Waals surface area (Å²) in [7, 11) is 1.56. The van der Waals surface area contributed by atoms with Crippen molar-refractivity contribution in [2.75, 3.05) is 25.6 Å². The predicted molar refractivity (Wildman–Crippen MR) is 85.0 cm³/mol. The van der Waals surface area contributed by atoms with Crippen molar-refractivity contribution < 1.29 is 19.0 Å². The van der Waals surface area contributed by atoms with E-state index in [1.54, 1.807) is 37.6 Å². The maximum atomic E-state index is 12.4. The van der Waals surface area contributed by atoms with Gasteiger partial charge in [0.05, 0.1) is 26.0 Å². The van der Waals surface area contributed by atoms with E-state index in [9.17, 15) is 4.79 Å². The van der Waals surface area contributed by atoms with Crippen molar-refractivity contribution in [1.82, 2.24) is 4.98 Å². The molecule has 1 saturated heterocycles. The number of amides is 1. The quantitative estimate of drug-likeness (QED) is 0.918. The molecule has 1 unspecified atom stereocenters. The Balaban J connectivity index is 1.71. The summed E-state index contributed by atoms with van der Waals surface area (Å²) >= 11 is 0. The van der Waals surface area contributed by atoms with Gasteiger partial charge in [0.15, 0.2) is 0 Å². The maximum Gasteiger partial charge on any atom is 0.256 e. The molecular weight excluding hydrogens is 296 g/mol. The van der Waals surface area contributed by atoms with Crippen LogP contribution in [0.2, 0.25) is 0 Å². The first-order valence-corrected chi connectivity index (χ1v) is 7.41. The molecule has 6 heteroatoms. The molecule has 1 aromatic carbocycles. The monoisotopic (exact) mass is 314 g/mol. The SMILES string of the molecule is COc1ccccc1NC(=O)c1ccnc(OC2CCOC2)c1. The van der Waals surface area contributed by atoms with Crippen molar-refractivity contribution in [3.8, 4) is 11.6 Å². The summed E-state index contributed by atoms with van der Waals surface area (Å²) in [5.74, 6) is 0.784. The van der Waals surface area contributed by atoms with E-state index in [1.165, 1.54) is 0 Å². The van der Waals surface area contributed by atoms with E-state index in [4.69, 9.17) is 14.2 Å². The minimum absolute atomic E-state index is 0.00460. The number of rotatable bonds is 5. The van der Waals surface area contributed by atoms with Crippen molar-refractivity contribution in [3.63, 3.8) is 0 Å². The van der Waals surface area contributed by atoms with Gasteiger partial charge in [-0.15, -0.1) is 0 Å². The van der Waals surface area contributed by atoms with Gasteiger partial charge >= 0.3 is 0 Å². The average molecular weight is 314 g/mol. The Morgan fingerprint density at radius 1 is 1.35 bits per heavy atom. The molecule has 1 amide bonds. The first-order chi connectivity index (χ1) is 11.3. The van der Waals surface area contributed by atoms with E-state index in [0.717, 1.165) is 6.42 Å². The van der Waals surface area contributed by atoms with E-state index in [-0.39, 0.29) is 12.0 Å². The molecule has 2 heterocycles. The van der Waals surface area contributed by atoms with Crippen LogP contribution in [0.5, 0.6) is 11.6 Å².